The van der Waals surface area contributed by atoms with E-state index in [4.69, 9.17) is 23.2 Å². The van der Waals surface area contributed by atoms with Crippen LogP contribution in [0.1, 0.15) is 17.0 Å². The number of carbonyl (C=O) groups is 1. The first-order chi connectivity index (χ1) is 14.7. The zero-order chi connectivity index (χ0) is 22.7. The lowest BCUT2D eigenvalue weighted by atomic mass is 10.1. The maximum atomic E-state index is 12.6. The van der Waals surface area contributed by atoms with Crippen LogP contribution in [-0.2, 0) is 4.79 Å². The molecule has 0 saturated heterocycles. The monoisotopic (exact) mass is 454 g/mol. The molecule has 0 aliphatic heterocycles. The first kappa shape index (κ1) is 22.1. The number of carbonyl (C=O) groups excluding carboxylic acids is 1. The lowest BCUT2D eigenvalue weighted by Gasteiger charge is -2.10. The maximum Gasteiger partial charge on any atom is 0.271 e. The number of nitro groups is 1. The fourth-order valence-corrected chi connectivity index (χ4v) is 3.67. The van der Waals surface area contributed by atoms with Gasteiger partial charge in [0.25, 0.3) is 11.6 Å². The molecule has 0 aliphatic carbocycles. The number of aryl methyl sites for hydroxylation is 1. The molecule has 2 aromatic carbocycles. The smallest absolute Gasteiger partial charge is 0.271 e. The Morgan fingerprint density at radius 3 is 2.42 bits per heavy atom. The van der Waals surface area contributed by atoms with Gasteiger partial charge in [0.1, 0.15) is 11.6 Å². The minimum absolute atomic E-state index is 0.0317. The van der Waals surface area contributed by atoms with Crippen LogP contribution in [0, 0.1) is 35.3 Å². The molecule has 0 atom stereocenters. The number of aromatic nitrogens is 1. The molecule has 3 rings (SSSR count). The molecule has 1 N–H and O–H groups in total. The number of hydrogen-bond donors (Lipinski definition) is 1. The maximum absolute atomic E-state index is 12.6. The van der Waals surface area contributed by atoms with Gasteiger partial charge in [-0.1, -0.05) is 35.3 Å². The van der Waals surface area contributed by atoms with Crippen LogP contribution in [0.25, 0.3) is 11.8 Å². The average molecular weight is 455 g/mol. The molecule has 7 nitrogen and oxygen atoms in total. The molecular formula is C22H16Cl2N4O3. The fraction of sp³-hybridized carbons (Fsp3) is 0.0909. The highest BCUT2D eigenvalue weighted by molar-refractivity contribution is 6.40. The molecule has 1 heterocycles. The van der Waals surface area contributed by atoms with Gasteiger partial charge in [0, 0.05) is 23.5 Å². The van der Waals surface area contributed by atoms with Gasteiger partial charge in [0.15, 0.2) is 0 Å². The first-order valence-electron chi connectivity index (χ1n) is 9.04. The van der Waals surface area contributed by atoms with E-state index in [0.717, 1.165) is 5.69 Å². The number of para-hydroxylation sites is 1. The molecule has 3 aromatic rings. The van der Waals surface area contributed by atoms with E-state index in [-0.39, 0.29) is 27.0 Å². The Kier molecular flexibility index (Phi) is 6.44. The van der Waals surface area contributed by atoms with Crippen molar-refractivity contribution in [3.63, 3.8) is 0 Å². The van der Waals surface area contributed by atoms with E-state index in [9.17, 15) is 20.2 Å². The summed E-state index contributed by atoms with van der Waals surface area (Å²) in [5, 5.41) is 23.7. The number of rotatable bonds is 5. The summed E-state index contributed by atoms with van der Waals surface area (Å²) in [6.07, 6.45) is 1.45. The summed E-state index contributed by atoms with van der Waals surface area (Å²) in [7, 11) is 0. The summed E-state index contributed by atoms with van der Waals surface area (Å²) in [5.74, 6) is -0.655. The molecule has 0 bridgehead atoms. The number of anilines is 1. The number of non-ortho nitro benzene ring substituents is 1. The van der Waals surface area contributed by atoms with Crippen molar-refractivity contribution < 1.29 is 9.72 Å². The van der Waals surface area contributed by atoms with E-state index >= 15 is 0 Å². The summed E-state index contributed by atoms with van der Waals surface area (Å²) in [6, 6.07) is 14.7. The summed E-state index contributed by atoms with van der Waals surface area (Å²) < 4.78 is 1.82. The van der Waals surface area contributed by atoms with Crippen molar-refractivity contribution in [2.45, 2.75) is 13.8 Å². The van der Waals surface area contributed by atoms with Gasteiger partial charge in [-0.2, -0.15) is 5.26 Å². The van der Waals surface area contributed by atoms with Gasteiger partial charge in [-0.05, 0) is 49.8 Å². The number of benzene rings is 2. The molecule has 0 unspecified atom stereocenters. The lowest BCUT2D eigenvalue weighted by Crippen LogP contribution is -2.14. The van der Waals surface area contributed by atoms with Gasteiger partial charge in [0.05, 0.1) is 26.3 Å². The van der Waals surface area contributed by atoms with Crippen LogP contribution in [0.5, 0.6) is 0 Å². The summed E-state index contributed by atoms with van der Waals surface area (Å²) in [4.78, 5) is 23.3. The van der Waals surface area contributed by atoms with Gasteiger partial charge in [0.2, 0.25) is 0 Å². The van der Waals surface area contributed by atoms with Crippen molar-refractivity contribution in [1.29, 1.82) is 5.26 Å². The molecule has 0 spiro atoms. The molecular weight excluding hydrogens is 439 g/mol. The van der Waals surface area contributed by atoms with Gasteiger partial charge in [-0.3, -0.25) is 14.9 Å². The van der Waals surface area contributed by atoms with Gasteiger partial charge >= 0.3 is 0 Å². The minimum atomic E-state index is -0.655. The Morgan fingerprint density at radius 2 is 1.81 bits per heavy atom. The standard InChI is InChI=1S/C22H16Cl2N4O3/c1-13-9-15(14(2)27(13)17-5-3-6-18(11-17)28(30)31)10-16(12-25)22(29)26-21-19(23)7-4-8-20(21)24/h3-11H,1-2H3,(H,26,29)/b16-10+. The van der Waals surface area contributed by atoms with Gasteiger partial charge in [-0.15, -0.1) is 0 Å². The molecule has 0 aliphatic rings. The summed E-state index contributed by atoms with van der Waals surface area (Å²) >= 11 is 12.2. The summed E-state index contributed by atoms with van der Waals surface area (Å²) in [5.41, 5.74) is 2.78. The van der Waals surface area contributed by atoms with Crippen LogP contribution in [-0.4, -0.2) is 15.4 Å². The second-order valence-electron chi connectivity index (χ2n) is 6.66. The number of nitriles is 1. The number of halogens is 2. The van der Waals surface area contributed by atoms with Crippen LogP contribution < -0.4 is 5.32 Å². The molecule has 31 heavy (non-hydrogen) atoms. The van der Waals surface area contributed by atoms with Crippen molar-refractivity contribution in [3.8, 4) is 11.8 Å². The van der Waals surface area contributed by atoms with E-state index in [0.29, 0.717) is 16.9 Å². The second kappa shape index (κ2) is 9.04. The molecule has 1 amide bonds. The zero-order valence-electron chi connectivity index (χ0n) is 16.5. The van der Waals surface area contributed by atoms with Crippen LogP contribution in [0.3, 0.4) is 0 Å². The molecule has 9 heteroatoms. The minimum Gasteiger partial charge on any atom is -0.319 e. The fourth-order valence-electron chi connectivity index (χ4n) is 3.18. The molecule has 156 valence electrons. The Morgan fingerprint density at radius 1 is 1.16 bits per heavy atom. The highest BCUT2D eigenvalue weighted by Gasteiger charge is 2.17. The average Bonchev–Trinajstić information content (AvgIpc) is 3.01. The molecule has 0 fully saturated rings. The van der Waals surface area contributed by atoms with Crippen molar-refractivity contribution in [2.24, 2.45) is 0 Å². The highest BCUT2D eigenvalue weighted by Crippen LogP contribution is 2.30. The van der Waals surface area contributed by atoms with Crippen molar-refractivity contribution in [3.05, 3.63) is 91.2 Å². The van der Waals surface area contributed by atoms with Gasteiger partial charge in [-0.25, -0.2) is 0 Å². The van der Waals surface area contributed by atoms with Crippen molar-refractivity contribution in [2.75, 3.05) is 5.32 Å². The molecule has 1 aromatic heterocycles. The lowest BCUT2D eigenvalue weighted by molar-refractivity contribution is -0.384. The first-order valence-corrected chi connectivity index (χ1v) is 9.79. The number of nitrogens with one attached hydrogen (secondary N) is 1. The predicted molar refractivity (Wildman–Crippen MR) is 121 cm³/mol. The third-order valence-electron chi connectivity index (χ3n) is 4.64. The quantitative estimate of drug-likeness (QED) is 0.226. The Labute approximate surface area is 188 Å². The van der Waals surface area contributed by atoms with Crippen LogP contribution in [0.4, 0.5) is 11.4 Å². The highest BCUT2D eigenvalue weighted by atomic mass is 35.5. The van der Waals surface area contributed by atoms with E-state index in [1.54, 1.807) is 43.3 Å². The van der Waals surface area contributed by atoms with Gasteiger partial charge < -0.3 is 9.88 Å². The second-order valence-corrected chi connectivity index (χ2v) is 7.47. The number of hydrogen-bond acceptors (Lipinski definition) is 4. The third-order valence-corrected chi connectivity index (χ3v) is 5.27. The van der Waals surface area contributed by atoms with E-state index < -0.39 is 10.8 Å². The largest absolute Gasteiger partial charge is 0.319 e. The normalized spacial score (nSPS) is 11.1. The van der Waals surface area contributed by atoms with Crippen LogP contribution >= 0.6 is 23.2 Å². The zero-order valence-corrected chi connectivity index (χ0v) is 18.0. The van der Waals surface area contributed by atoms with Crippen molar-refractivity contribution in [1.82, 2.24) is 4.57 Å². The number of nitro benzene ring substituents is 1. The number of nitrogens with zero attached hydrogens (tertiary/aromatic N) is 3. The Hall–Kier alpha value is -3.60. The predicted octanol–water partition coefficient (Wildman–Crippen LogP) is 5.85. The summed E-state index contributed by atoms with van der Waals surface area (Å²) in [6.45, 7) is 3.63. The van der Waals surface area contributed by atoms with E-state index in [2.05, 4.69) is 5.32 Å². The SMILES string of the molecule is Cc1cc(/C=C(\C#N)C(=O)Nc2c(Cl)cccc2Cl)c(C)n1-c1cccc([N+](=O)[O-])c1. The molecule has 0 radical (unpaired) electrons. The third kappa shape index (κ3) is 4.61. The van der Waals surface area contributed by atoms with E-state index in [1.165, 1.54) is 18.2 Å². The molecule has 0 saturated carbocycles. The Balaban J connectivity index is 1.98. The van der Waals surface area contributed by atoms with Crippen LogP contribution in [0.2, 0.25) is 10.0 Å². The topological polar surface area (TPSA) is 101 Å². The Bertz CT molecular complexity index is 1250. The van der Waals surface area contributed by atoms with Crippen LogP contribution in [0.15, 0.2) is 54.1 Å². The van der Waals surface area contributed by atoms with Crippen molar-refractivity contribution >= 4 is 46.6 Å². The van der Waals surface area contributed by atoms with E-state index in [1.807, 2.05) is 17.6 Å². The number of amides is 1.